The van der Waals surface area contributed by atoms with Crippen LogP contribution in [0, 0.1) is 0 Å². The van der Waals surface area contributed by atoms with E-state index in [1.54, 1.807) is 0 Å². The van der Waals surface area contributed by atoms with Crippen LogP contribution in [0.15, 0.2) is 48.8 Å². The molecule has 0 radical (unpaired) electrons. The van der Waals surface area contributed by atoms with Gasteiger partial charge in [-0.3, -0.25) is 9.88 Å². The number of hydrogen-bond donors (Lipinski definition) is 1. The maximum atomic E-state index is 9.72. The van der Waals surface area contributed by atoms with Gasteiger partial charge < -0.3 is 14.4 Å². The van der Waals surface area contributed by atoms with Gasteiger partial charge in [0.15, 0.2) is 0 Å². The maximum Gasteiger partial charge on any atom is 0.0873 e. The van der Waals surface area contributed by atoms with E-state index in [2.05, 4.69) is 33.4 Å². The van der Waals surface area contributed by atoms with Crippen molar-refractivity contribution in [2.24, 2.45) is 0 Å². The van der Waals surface area contributed by atoms with Crippen LogP contribution in [0.5, 0.6) is 0 Å². The Bertz CT molecular complexity index is 848. The highest BCUT2D eigenvalue weighted by molar-refractivity contribution is 5.69. The van der Waals surface area contributed by atoms with Crippen molar-refractivity contribution in [2.45, 2.75) is 13.2 Å². The van der Waals surface area contributed by atoms with Crippen molar-refractivity contribution in [3.8, 4) is 11.4 Å². The minimum Gasteiger partial charge on any atom is -0.392 e. The molecule has 0 unspecified atom stereocenters. The Labute approximate surface area is 148 Å². The Morgan fingerprint density at radius 2 is 1.92 bits per heavy atom. The Morgan fingerprint density at radius 1 is 1.08 bits per heavy atom. The fraction of sp³-hybridized carbons (Fsp3) is 0.350. The number of likely N-dealkylation sites (N-methyl/N-ethyl adjacent to an activating group) is 1. The normalized spacial score (nSPS) is 16.6. The summed E-state index contributed by atoms with van der Waals surface area (Å²) >= 11 is 0. The summed E-state index contributed by atoms with van der Waals surface area (Å²) < 4.78 is 2.09. The van der Waals surface area contributed by atoms with Crippen molar-refractivity contribution in [3.63, 3.8) is 0 Å². The molecule has 0 aliphatic carbocycles. The molecule has 1 aliphatic rings. The van der Waals surface area contributed by atoms with Crippen LogP contribution >= 0.6 is 0 Å². The van der Waals surface area contributed by atoms with E-state index in [9.17, 15) is 5.11 Å². The summed E-state index contributed by atoms with van der Waals surface area (Å²) in [5.41, 5.74) is 5.09. The van der Waals surface area contributed by atoms with Crippen molar-refractivity contribution in [3.05, 3.63) is 59.9 Å². The zero-order valence-electron chi connectivity index (χ0n) is 14.6. The highest BCUT2D eigenvalue weighted by atomic mass is 16.3. The molecule has 0 aromatic carbocycles. The van der Waals surface area contributed by atoms with Gasteiger partial charge in [0, 0.05) is 56.2 Å². The molecule has 3 aromatic heterocycles. The van der Waals surface area contributed by atoms with Gasteiger partial charge in [0.1, 0.15) is 0 Å². The standard InChI is InChI=1S/C20H24N4O/c1-22-8-10-23(11-9-22)14-16-5-6-19(21-13-16)20-17(15-25)12-18-4-2-3-7-24(18)20/h2-7,12-13,25H,8-11,14-15H2,1H3. The lowest BCUT2D eigenvalue weighted by atomic mass is 10.1. The first kappa shape index (κ1) is 16.3. The summed E-state index contributed by atoms with van der Waals surface area (Å²) in [5, 5.41) is 9.72. The van der Waals surface area contributed by atoms with E-state index in [1.165, 1.54) is 5.56 Å². The summed E-state index contributed by atoms with van der Waals surface area (Å²) in [6.45, 7) is 5.43. The molecule has 0 amide bonds. The summed E-state index contributed by atoms with van der Waals surface area (Å²) in [4.78, 5) is 9.53. The molecule has 0 bridgehead atoms. The van der Waals surface area contributed by atoms with Crippen molar-refractivity contribution in [1.82, 2.24) is 19.2 Å². The molecule has 1 aliphatic heterocycles. The van der Waals surface area contributed by atoms with Crippen LogP contribution < -0.4 is 0 Å². The first-order valence-corrected chi connectivity index (χ1v) is 8.80. The Kier molecular flexibility index (Phi) is 4.53. The first-order chi connectivity index (χ1) is 12.2. The van der Waals surface area contributed by atoms with E-state index in [1.807, 2.05) is 36.7 Å². The molecule has 4 rings (SSSR count). The number of aliphatic hydroxyl groups excluding tert-OH is 1. The number of piperazine rings is 1. The van der Waals surface area contributed by atoms with Gasteiger partial charge in [-0.1, -0.05) is 12.1 Å². The van der Waals surface area contributed by atoms with Crippen LogP contribution in [0.4, 0.5) is 0 Å². The molecule has 3 aromatic rings. The SMILES string of the molecule is CN1CCN(Cc2ccc(-c3c(CO)cc4ccccn34)nc2)CC1. The molecular weight excluding hydrogens is 312 g/mol. The van der Waals surface area contributed by atoms with Crippen LogP contribution in [0.25, 0.3) is 16.9 Å². The van der Waals surface area contributed by atoms with Gasteiger partial charge in [-0.25, -0.2) is 0 Å². The van der Waals surface area contributed by atoms with Gasteiger partial charge in [0.2, 0.25) is 0 Å². The molecule has 25 heavy (non-hydrogen) atoms. The van der Waals surface area contributed by atoms with E-state index in [0.29, 0.717) is 0 Å². The van der Waals surface area contributed by atoms with Gasteiger partial charge >= 0.3 is 0 Å². The molecule has 0 spiro atoms. The zero-order valence-corrected chi connectivity index (χ0v) is 14.6. The van der Waals surface area contributed by atoms with Gasteiger partial charge in [-0.05, 0) is 36.9 Å². The number of nitrogens with zero attached hydrogens (tertiary/aromatic N) is 4. The van der Waals surface area contributed by atoms with Gasteiger partial charge in [0.05, 0.1) is 18.0 Å². The number of hydrogen-bond acceptors (Lipinski definition) is 4. The highest BCUT2D eigenvalue weighted by Gasteiger charge is 2.15. The third kappa shape index (κ3) is 3.31. The summed E-state index contributed by atoms with van der Waals surface area (Å²) in [7, 11) is 2.17. The average molecular weight is 336 g/mol. The third-order valence-corrected chi connectivity index (χ3v) is 5.00. The lowest BCUT2D eigenvalue weighted by molar-refractivity contribution is 0.148. The summed E-state index contributed by atoms with van der Waals surface area (Å²) in [6, 6.07) is 12.3. The van der Waals surface area contributed by atoms with Crippen LogP contribution in [0.2, 0.25) is 0 Å². The quantitative estimate of drug-likeness (QED) is 0.794. The number of fused-ring (bicyclic) bond motifs is 1. The fourth-order valence-electron chi connectivity index (χ4n) is 3.51. The Balaban J connectivity index is 1.58. The van der Waals surface area contributed by atoms with E-state index < -0.39 is 0 Å². The van der Waals surface area contributed by atoms with Crippen molar-refractivity contribution in [2.75, 3.05) is 33.2 Å². The lowest BCUT2D eigenvalue weighted by Crippen LogP contribution is -2.43. The minimum absolute atomic E-state index is 0.0156. The largest absolute Gasteiger partial charge is 0.392 e. The van der Waals surface area contributed by atoms with Crippen molar-refractivity contribution >= 4 is 5.52 Å². The van der Waals surface area contributed by atoms with Crippen molar-refractivity contribution in [1.29, 1.82) is 0 Å². The lowest BCUT2D eigenvalue weighted by Gasteiger charge is -2.32. The van der Waals surface area contributed by atoms with Gasteiger partial charge in [-0.2, -0.15) is 0 Å². The number of aromatic nitrogens is 2. The molecule has 0 saturated carbocycles. The van der Waals surface area contributed by atoms with E-state index >= 15 is 0 Å². The second kappa shape index (κ2) is 6.96. The molecule has 130 valence electrons. The molecular formula is C20H24N4O. The van der Waals surface area contributed by atoms with Crippen molar-refractivity contribution < 1.29 is 5.11 Å². The average Bonchev–Trinajstić information content (AvgIpc) is 3.03. The first-order valence-electron chi connectivity index (χ1n) is 8.80. The predicted octanol–water partition coefficient (Wildman–Crippen LogP) is 2.24. The molecule has 1 fully saturated rings. The van der Waals surface area contributed by atoms with E-state index in [-0.39, 0.29) is 6.61 Å². The smallest absolute Gasteiger partial charge is 0.0873 e. The number of aliphatic hydroxyl groups is 1. The monoisotopic (exact) mass is 336 g/mol. The molecule has 0 atom stereocenters. The van der Waals surface area contributed by atoms with Crippen LogP contribution in [-0.4, -0.2) is 57.5 Å². The van der Waals surface area contributed by atoms with E-state index in [0.717, 1.165) is 55.2 Å². The molecule has 5 heteroatoms. The zero-order chi connectivity index (χ0) is 17.2. The topological polar surface area (TPSA) is 44.0 Å². The van der Waals surface area contributed by atoms with Crippen LogP contribution in [0.3, 0.4) is 0 Å². The molecule has 5 nitrogen and oxygen atoms in total. The summed E-state index contributed by atoms with van der Waals surface area (Å²) in [6.07, 6.45) is 3.99. The van der Waals surface area contributed by atoms with Gasteiger partial charge in [0.25, 0.3) is 0 Å². The third-order valence-electron chi connectivity index (χ3n) is 5.00. The highest BCUT2D eigenvalue weighted by Crippen LogP contribution is 2.26. The molecule has 1 saturated heterocycles. The minimum atomic E-state index is 0.0156. The molecule has 4 heterocycles. The maximum absolute atomic E-state index is 9.72. The fourth-order valence-corrected chi connectivity index (χ4v) is 3.51. The molecule has 1 N–H and O–H groups in total. The van der Waals surface area contributed by atoms with E-state index in [4.69, 9.17) is 4.98 Å². The van der Waals surface area contributed by atoms with Gasteiger partial charge in [-0.15, -0.1) is 0 Å². The van der Waals surface area contributed by atoms with Crippen LogP contribution in [0.1, 0.15) is 11.1 Å². The predicted molar refractivity (Wildman–Crippen MR) is 99.3 cm³/mol. The second-order valence-corrected chi connectivity index (χ2v) is 6.80. The number of rotatable bonds is 4. The summed E-state index contributed by atoms with van der Waals surface area (Å²) in [5.74, 6) is 0. The van der Waals surface area contributed by atoms with Crippen LogP contribution in [-0.2, 0) is 13.2 Å². The Morgan fingerprint density at radius 3 is 2.64 bits per heavy atom. The number of pyridine rings is 2. The second-order valence-electron chi connectivity index (χ2n) is 6.80. The Hall–Kier alpha value is -2.21.